The van der Waals surface area contributed by atoms with Crippen molar-refractivity contribution >= 4 is 23.2 Å². The summed E-state index contributed by atoms with van der Waals surface area (Å²) in [4.78, 5) is 26.3. The van der Waals surface area contributed by atoms with Gasteiger partial charge in [0.15, 0.2) is 0 Å². The average molecular weight is 421 g/mol. The van der Waals surface area contributed by atoms with E-state index in [0.29, 0.717) is 12.2 Å². The number of hydrogen-bond donors (Lipinski definition) is 2. The molecule has 0 spiro atoms. The molecule has 2 rings (SSSR count). The molecule has 0 aromatic heterocycles. The van der Waals surface area contributed by atoms with Gasteiger partial charge in [0.2, 0.25) is 11.8 Å². The van der Waals surface area contributed by atoms with Gasteiger partial charge in [-0.3, -0.25) is 14.5 Å². The van der Waals surface area contributed by atoms with E-state index in [4.69, 9.17) is 0 Å². The van der Waals surface area contributed by atoms with Crippen LogP contribution in [0, 0.1) is 0 Å². The van der Waals surface area contributed by atoms with Crippen LogP contribution >= 0.6 is 0 Å². The van der Waals surface area contributed by atoms with Gasteiger partial charge in [-0.05, 0) is 36.2 Å². The summed E-state index contributed by atoms with van der Waals surface area (Å²) in [6, 6.07) is 12.3. The van der Waals surface area contributed by atoms with Crippen LogP contribution in [0.15, 0.2) is 48.5 Å². The minimum atomic E-state index is -4.57. The Kier molecular flexibility index (Phi) is 8.00. The molecule has 0 aliphatic rings. The van der Waals surface area contributed by atoms with Gasteiger partial charge in [0.1, 0.15) is 0 Å². The van der Waals surface area contributed by atoms with Gasteiger partial charge in [0.25, 0.3) is 0 Å². The normalized spacial score (nSPS) is 11.6. The summed E-state index contributed by atoms with van der Waals surface area (Å²) in [6.45, 7) is 5.93. The van der Waals surface area contributed by atoms with Crippen molar-refractivity contribution in [2.75, 3.05) is 30.3 Å². The zero-order valence-corrected chi connectivity index (χ0v) is 17.2. The van der Waals surface area contributed by atoms with E-state index in [-0.39, 0.29) is 30.6 Å². The minimum Gasteiger partial charge on any atom is -0.325 e. The third-order valence-corrected chi connectivity index (χ3v) is 4.55. The molecule has 8 heteroatoms. The largest absolute Gasteiger partial charge is 0.418 e. The number of para-hydroxylation sites is 2. The first-order valence-electron chi connectivity index (χ1n) is 9.69. The van der Waals surface area contributed by atoms with Crippen molar-refractivity contribution in [3.63, 3.8) is 0 Å². The number of amides is 2. The van der Waals surface area contributed by atoms with Crippen LogP contribution in [0.3, 0.4) is 0 Å². The number of carbonyl (C=O) groups is 2. The summed E-state index contributed by atoms with van der Waals surface area (Å²) in [7, 11) is 0. The van der Waals surface area contributed by atoms with Crippen molar-refractivity contribution in [3.05, 3.63) is 59.7 Å². The van der Waals surface area contributed by atoms with E-state index >= 15 is 0 Å². The number of benzene rings is 2. The molecule has 2 N–H and O–H groups in total. The maximum absolute atomic E-state index is 13.1. The Morgan fingerprint density at radius 1 is 0.900 bits per heavy atom. The molecular weight excluding hydrogens is 395 g/mol. The van der Waals surface area contributed by atoms with Gasteiger partial charge in [-0.1, -0.05) is 51.1 Å². The molecular formula is C22H26F3N3O2. The predicted octanol–water partition coefficient (Wildman–Crippen LogP) is 4.73. The lowest BCUT2D eigenvalue weighted by Crippen LogP contribution is -2.39. The van der Waals surface area contributed by atoms with Crippen molar-refractivity contribution in [1.29, 1.82) is 0 Å². The Hall–Kier alpha value is -2.87. The number of alkyl halides is 3. The maximum atomic E-state index is 13.1. The topological polar surface area (TPSA) is 61.4 Å². The van der Waals surface area contributed by atoms with Crippen LogP contribution < -0.4 is 10.6 Å². The fourth-order valence-corrected chi connectivity index (χ4v) is 3.02. The molecule has 0 aliphatic heterocycles. The van der Waals surface area contributed by atoms with Crippen LogP contribution in [0.25, 0.3) is 0 Å². The van der Waals surface area contributed by atoms with Crippen molar-refractivity contribution in [2.45, 2.75) is 32.9 Å². The van der Waals surface area contributed by atoms with E-state index in [1.165, 1.54) is 18.2 Å². The number of nitrogens with one attached hydrogen (secondary N) is 2. The first-order chi connectivity index (χ1) is 14.1. The van der Waals surface area contributed by atoms with E-state index in [1.807, 2.05) is 38.1 Å². The first kappa shape index (κ1) is 23.4. The predicted molar refractivity (Wildman–Crippen MR) is 111 cm³/mol. The van der Waals surface area contributed by atoms with Gasteiger partial charge < -0.3 is 10.6 Å². The smallest absolute Gasteiger partial charge is 0.325 e. The van der Waals surface area contributed by atoms with Crippen molar-refractivity contribution in [3.8, 4) is 0 Å². The highest BCUT2D eigenvalue weighted by Crippen LogP contribution is 2.34. The van der Waals surface area contributed by atoms with E-state index in [1.54, 1.807) is 11.8 Å². The van der Waals surface area contributed by atoms with Gasteiger partial charge >= 0.3 is 6.18 Å². The Bertz CT molecular complexity index is 882. The lowest BCUT2D eigenvalue weighted by atomic mass is 10.0. The molecule has 2 amide bonds. The molecule has 2 aromatic carbocycles. The van der Waals surface area contributed by atoms with Gasteiger partial charge in [-0.2, -0.15) is 13.2 Å². The quantitative estimate of drug-likeness (QED) is 0.648. The number of anilines is 2. The molecule has 0 unspecified atom stereocenters. The molecule has 0 radical (unpaired) electrons. The van der Waals surface area contributed by atoms with Crippen LogP contribution in [0.4, 0.5) is 24.5 Å². The zero-order chi connectivity index (χ0) is 22.3. The Morgan fingerprint density at radius 2 is 1.40 bits per heavy atom. The van der Waals surface area contributed by atoms with Crippen molar-refractivity contribution in [2.24, 2.45) is 0 Å². The molecule has 162 valence electrons. The van der Waals surface area contributed by atoms with Crippen LogP contribution in [0.5, 0.6) is 0 Å². The molecule has 0 heterocycles. The molecule has 5 nitrogen and oxygen atoms in total. The summed E-state index contributed by atoms with van der Waals surface area (Å²) in [5.74, 6) is -0.694. The number of hydrogen-bond acceptors (Lipinski definition) is 3. The first-order valence-corrected chi connectivity index (χ1v) is 9.69. The van der Waals surface area contributed by atoms with E-state index in [2.05, 4.69) is 10.6 Å². The van der Waals surface area contributed by atoms with Crippen LogP contribution in [-0.4, -0.2) is 36.3 Å². The van der Waals surface area contributed by atoms with E-state index < -0.39 is 17.6 Å². The summed E-state index contributed by atoms with van der Waals surface area (Å²) >= 11 is 0. The zero-order valence-electron chi connectivity index (χ0n) is 17.2. The number of carbonyl (C=O) groups excluding carboxylic acids is 2. The van der Waals surface area contributed by atoms with Gasteiger partial charge in [0.05, 0.1) is 24.3 Å². The molecule has 0 saturated heterocycles. The van der Waals surface area contributed by atoms with Crippen LogP contribution in [-0.2, 0) is 15.8 Å². The summed E-state index contributed by atoms with van der Waals surface area (Å²) in [5.41, 5.74) is 0.485. The molecule has 30 heavy (non-hydrogen) atoms. The van der Waals surface area contributed by atoms with E-state index in [0.717, 1.165) is 11.6 Å². The second-order valence-electron chi connectivity index (χ2n) is 7.18. The lowest BCUT2D eigenvalue weighted by Gasteiger charge is -2.21. The van der Waals surface area contributed by atoms with Gasteiger partial charge in [0, 0.05) is 5.69 Å². The molecule has 0 aliphatic carbocycles. The third kappa shape index (κ3) is 6.59. The standard InChI is InChI=1S/C22H26F3N3O2/c1-4-28(13-20(29)26-18-11-7-5-9-16(18)15(2)3)14-21(30)27-19-12-8-6-10-17(19)22(23,24)25/h5-12,15H,4,13-14H2,1-3H3,(H,26,29)(H,27,30). The minimum absolute atomic E-state index is 0.0583. The van der Waals surface area contributed by atoms with Crippen LogP contribution in [0.1, 0.15) is 37.8 Å². The highest BCUT2D eigenvalue weighted by Gasteiger charge is 2.33. The fourth-order valence-electron chi connectivity index (χ4n) is 3.02. The molecule has 0 bridgehead atoms. The van der Waals surface area contributed by atoms with Gasteiger partial charge in [-0.25, -0.2) is 0 Å². The molecule has 0 fully saturated rings. The monoisotopic (exact) mass is 421 g/mol. The van der Waals surface area contributed by atoms with Crippen molar-refractivity contribution in [1.82, 2.24) is 4.90 Å². The molecule has 2 aromatic rings. The van der Waals surface area contributed by atoms with Crippen LogP contribution in [0.2, 0.25) is 0 Å². The molecule has 0 saturated carbocycles. The SMILES string of the molecule is CCN(CC(=O)Nc1ccccc1C(C)C)CC(=O)Nc1ccccc1C(F)(F)F. The second-order valence-corrected chi connectivity index (χ2v) is 7.18. The number of halogens is 3. The summed E-state index contributed by atoms with van der Waals surface area (Å²) < 4.78 is 39.2. The van der Waals surface area contributed by atoms with Gasteiger partial charge in [-0.15, -0.1) is 0 Å². The fraction of sp³-hybridized carbons (Fsp3) is 0.364. The average Bonchev–Trinajstić information content (AvgIpc) is 2.67. The second kappa shape index (κ2) is 10.2. The van der Waals surface area contributed by atoms with Crippen molar-refractivity contribution < 1.29 is 22.8 Å². The lowest BCUT2D eigenvalue weighted by molar-refractivity contribution is -0.137. The third-order valence-electron chi connectivity index (χ3n) is 4.55. The number of rotatable bonds is 8. The summed E-state index contributed by atoms with van der Waals surface area (Å²) in [5, 5.41) is 5.14. The Labute approximate surface area is 174 Å². The maximum Gasteiger partial charge on any atom is 0.418 e. The Balaban J connectivity index is 1.99. The highest BCUT2D eigenvalue weighted by atomic mass is 19.4. The number of likely N-dealkylation sites (N-methyl/N-ethyl adjacent to an activating group) is 1. The summed E-state index contributed by atoms with van der Waals surface area (Å²) in [6.07, 6.45) is -4.57. The molecule has 0 atom stereocenters. The Morgan fingerprint density at radius 3 is 1.93 bits per heavy atom. The highest BCUT2D eigenvalue weighted by molar-refractivity contribution is 5.95. The number of nitrogens with zero attached hydrogens (tertiary/aromatic N) is 1. The van der Waals surface area contributed by atoms with E-state index in [9.17, 15) is 22.8 Å².